The molecule has 124 valence electrons. The van der Waals surface area contributed by atoms with Crippen LogP contribution in [0.2, 0.25) is 0 Å². The highest BCUT2D eigenvalue weighted by atomic mass is 16.5. The number of hydrogen-bond acceptors (Lipinski definition) is 3. The molecule has 0 aromatic heterocycles. The molecule has 4 heteroatoms. The van der Waals surface area contributed by atoms with Crippen LogP contribution in [-0.2, 0) is 4.74 Å². The molecule has 0 saturated carbocycles. The van der Waals surface area contributed by atoms with Crippen molar-refractivity contribution in [3.05, 3.63) is 29.8 Å². The number of benzene rings is 1. The summed E-state index contributed by atoms with van der Waals surface area (Å²) in [6.07, 6.45) is 0.821. The second kappa shape index (κ2) is 10.2. The Labute approximate surface area is 134 Å². The molecule has 0 fully saturated rings. The third kappa shape index (κ3) is 8.03. The Bertz CT molecular complexity index is 444. The SMILES string of the molecule is CC(C)COCCCNC(=O)c1cccc(OCC(C)C)c1. The number of amides is 1. The van der Waals surface area contributed by atoms with Gasteiger partial charge in [-0.2, -0.15) is 0 Å². The zero-order valence-corrected chi connectivity index (χ0v) is 14.2. The van der Waals surface area contributed by atoms with E-state index in [0.717, 1.165) is 18.8 Å². The Morgan fingerprint density at radius 3 is 2.55 bits per heavy atom. The van der Waals surface area contributed by atoms with E-state index in [9.17, 15) is 4.79 Å². The lowest BCUT2D eigenvalue weighted by Gasteiger charge is -2.10. The van der Waals surface area contributed by atoms with Crippen LogP contribution < -0.4 is 10.1 Å². The highest BCUT2D eigenvalue weighted by molar-refractivity contribution is 5.94. The molecule has 1 rings (SSSR count). The molecule has 22 heavy (non-hydrogen) atoms. The molecule has 1 aromatic rings. The summed E-state index contributed by atoms with van der Waals surface area (Å²) in [5, 5.41) is 2.90. The van der Waals surface area contributed by atoms with E-state index in [1.165, 1.54) is 0 Å². The van der Waals surface area contributed by atoms with E-state index in [1.807, 2.05) is 12.1 Å². The van der Waals surface area contributed by atoms with Gasteiger partial charge in [-0.05, 0) is 36.5 Å². The minimum Gasteiger partial charge on any atom is -0.493 e. The Morgan fingerprint density at radius 2 is 1.86 bits per heavy atom. The highest BCUT2D eigenvalue weighted by Crippen LogP contribution is 2.14. The molecule has 4 nitrogen and oxygen atoms in total. The van der Waals surface area contributed by atoms with Gasteiger partial charge >= 0.3 is 0 Å². The summed E-state index contributed by atoms with van der Waals surface area (Å²) in [7, 11) is 0. The second-order valence-corrected chi connectivity index (χ2v) is 6.31. The van der Waals surface area contributed by atoms with Crippen LogP contribution in [0.5, 0.6) is 5.75 Å². The van der Waals surface area contributed by atoms with Crippen molar-refractivity contribution in [1.82, 2.24) is 5.32 Å². The van der Waals surface area contributed by atoms with Crippen molar-refractivity contribution in [2.75, 3.05) is 26.4 Å². The van der Waals surface area contributed by atoms with Crippen molar-refractivity contribution in [2.24, 2.45) is 11.8 Å². The van der Waals surface area contributed by atoms with Crippen molar-refractivity contribution in [3.8, 4) is 5.75 Å². The van der Waals surface area contributed by atoms with Gasteiger partial charge in [-0.3, -0.25) is 4.79 Å². The maximum atomic E-state index is 12.1. The molecule has 0 radical (unpaired) electrons. The van der Waals surface area contributed by atoms with Crippen molar-refractivity contribution in [3.63, 3.8) is 0 Å². The zero-order chi connectivity index (χ0) is 16.4. The van der Waals surface area contributed by atoms with Gasteiger partial charge in [-0.25, -0.2) is 0 Å². The number of ether oxygens (including phenoxy) is 2. The molecule has 1 N–H and O–H groups in total. The van der Waals surface area contributed by atoms with Crippen molar-refractivity contribution in [1.29, 1.82) is 0 Å². The van der Waals surface area contributed by atoms with Gasteiger partial charge in [0, 0.05) is 25.3 Å². The van der Waals surface area contributed by atoms with Gasteiger partial charge in [-0.15, -0.1) is 0 Å². The summed E-state index contributed by atoms with van der Waals surface area (Å²) in [6, 6.07) is 7.30. The molecule has 0 heterocycles. The number of hydrogen-bond donors (Lipinski definition) is 1. The summed E-state index contributed by atoms with van der Waals surface area (Å²) in [5.74, 6) is 1.67. The fraction of sp³-hybridized carbons (Fsp3) is 0.611. The quantitative estimate of drug-likeness (QED) is 0.673. The van der Waals surface area contributed by atoms with Crippen molar-refractivity contribution in [2.45, 2.75) is 34.1 Å². The van der Waals surface area contributed by atoms with Crippen LogP contribution in [0.1, 0.15) is 44.5 Å². The van der Waals surface area contributed by atoms with Gasteiger partial charge in [0.15, 0.2) is 0 Å². The lowest BCUT2D eigenvalue weighted by atomic mass is 10.2. The van der Waals surface area contributed by atoms with Crippen LogP contribution in [-0.4, -0.2) is 32.3 Å². The van der Waals surface area contributed by atoms with Gasteiger partial charge in [0.2, 0.25) is 0 Å². The number of carbonyl (C=O) groups excluding carboxylic acids is 1. The summed E-state index contributed by atoms with van der Waals surface area (Å²) in [5.41, 5.74) is 0.629. The normalized spacial score (nSPS) is 11.0. The average molecular weight is 307 g/mol. The summed E-state index contributed by atoms with van der Waals surface area (Å²) >= 11 is 0. The van der Waals surface area contributed by atoms with Gasteiger partial charge in [0.25, 0.3) is 5.91 Å². The topological polar surface area (TPSA) is 47.6 Å². The van der Waals surface area contributed by atoms with Crippen molar-refractivity contribution < 1.29 is 14.3 Å². The predicted octanol–water partition coefficient (Wildman–Crippen LogP) is 3.51. The molecule has 1 aromatic carbocycles. The van der Waals surface area contributed by atoms with Crippen LogP contribution in [0.25, 0.3) is 0 Å². The zero-order valence-electron chi connectivity index (χ0n) is 14.2. The Balaban J connectivity index is 2.31. The minimum absolute atomic E-state index is 0.0705. The largest absolute Gasteiger partial charge is 0.493 e. The van der Waals surface area contributed by atoms with E-state index in [2.05, 4.69) is 33.0 Å². The Kier molecular flexibility index (Phi) is 8.60. The summed E-state index contributed by atoms with van der Waals surface area (Å²) in [6.45, 7) is 11.1. The minimum atomic E-state index is -0.0705. The molecule has 0 atom stereocenters. The molecule has 0 saturated heterocycles. The first-order valence-electron chi connectivity index (χ1n) is 8.08. The fourth-order valence-corrected chi connectivity index (χ4v) is 1.79. The second-order valence-electron chi connectivity index (χ2n) is 6.31. The van der Waals surface area contributed by atoms with Gasteiger partial charge < -0.3 is 14.8 Å². The van der Waals surface area contributed by atoms with Gasteiger partial charge in [0.1, 0.15) is 5.75 Å². The van der Waals surface area contributed by atoms with E-state index >= 15 is 0 Å². The number of nitrogens with one attached hydrogen (secondary N) is 1. The predicted molar refractivity (Wildman–Crippen MR) is 89.4 cm³/mol. The third-order valence-corrected chi connectivity index (χ3v) is 2.88. The lowest BCUT2D eigenvalue weighted by Crippen LogP contribution is -2.25. The van der Waals surface area contributed by atoms with Gasteiger partial charge in [0.05, 0.1) is 6.61 Å². The van der Waals surface area contributed by atoms with E-state index in [0.29, 0.717) is 37.2 Å². The van der Waals surface area contributed by atoms with E-state index < -0.39 is 0 Å². The maximum absolute atomic E-state index is 12.1. The number of rotatable bonds is 10. The Hall–Kier alpha value is -1.55. The molecule has 0 aliphatic carbocycles. The number of carbonyl (C=O) groups is 1. The average Bonchev–Trinajstić information content (AvgIpc) is 2.48. The maximum Gasteiger partial charge on any atom is 0.251 e. The third-order valence-electron chi connectivity index (χ3n) is 2.88. The molecule has 1 amide bonds. The van der Waals surface area contributed by atoms with Crippen LogP contribution in [0.3, 0.4) is 0 Å². The molecule has 0 spiro atoms. The molecular weight excluding hydrogens is 278 g/mol. The van der Waals surface area contributed by atoms with Crippen LogP contribution in [0.4, 0.5) is 0 Å². The Morgan fingerprint density at radius 1 is 1.14 bits per heavy atom. The summed E-state index contributed by atoms with van der Waals surface area (Å²) < 4.78 is 11.1. The van der Waals surface area contributed by atoms with Crippen LogP contribution in [0, 0.1) is 11.8 Å². The molecule has 0 bridgehead atoms. The standard InChI is InChI=1S/C18H29NO3/c1-14(2)12-21-10-6-9-19-18(20)16-7-5-8-17(11-16)22-13-15(3)4/h5,7-8,11,14-15H,6,9-10,12-13H2,1-4H3,(H,19,20). The smallest absolute Gasteiger partial charge is 0.251 e. The first-order chi connectivity index (χ1) is 10.5. The van der Waals surface area contributed by atoms with E-state index in [-0.39, 0.29) is 5.91 Å². The monoisotopic (exact) mass is 307 g/mol. The van der Waals surface area contributed by atoms with E-state index in [1.54, 1.807) is 12.1 Å². The first kappa shape index (κ1) is 18.5. The van der Waals surface area contributed by atoms with Gasteiger partial charge in [-0.1, -0.05) is 33.8 Å². The highest BCUT2D eigenvalue weighted by Gasteiger charge is 2.06. The van der Waals surface area contributed by atoms with Crippen LogP contribution >= 0.6 is 0 Å². The summed E-state index contributed by atoms with van der Waals surface area (Å²) in [4.78, 5) is 12.1. The van der Waals surface area contributed by atoms with Crippen molar-refractivity contribution >= 4 is 5.91 Å². The fourth-order valence-electron chi connectivity index (χ4n) is 1.79. The van der Waals surface area contributed by atoms with Crippen LogP contribution in [0.15, 0.2) is 24.3 Å². The molecule has 0 unspecified atom stereocenters. The lowest BCUT2D eigenvalue weighted by molar-refractivity contribution is 0.0924. The molecule has 0 aliphatic rings. The van der Waals surface area contributed by atoms with E-state index in [4.69, 9.17) is 9.47 Å². The molecule has 0 aliphatic heterocycles. The molecular formula is C18H29NO3. The first-order valence-corrected chi connectivity index (χ1v) is 8.08.